The van der Waals surface area contributed by atoms with Gasteiger partial charge in [-0.15, -0.1) is 10.2 Å². The molecule has 5 aromatic rings. The Hall–Kier alpha value is -4.89. The van der Waals surface area contributed by atoms with Crippen LogP contribution in [0.2, 0.25) is 0 Å². The van der Waals surface area contributed by atoms with E-state index in [0.29, 0.717) is 28.2 Å². The molecule has 0 atom stereocenters. The molecular weight excluding hydrogens is 534 g/mol. The lowest BCUT2D eigenvalue weighted by Crippen LogP contribution is -2.21. The molecule has 0 fully saturated rings. The number of amides is 1. The molecule has 5 rings (SSSR count). The van der Waals surface area contributed by atoms with E-state index in [1.807, 2.05) is 102 Å². The summed E-state index contributed by atoms with van der Waals surface area (Å²) in [5, 5.41) is 13.7. The number of aromatic nitrogens is 3. The second-order valence-corrected chi connectivity index (χ2v) is 9.95. The van der Waals surface area contributed by atoms with E-state index in [1.165, 1.54) is 11.8 Å². The van der Waals surface area contributed by atoms with Crippen molar-refractivity contribution in [3.63, 3.8) is 0 Å². The van der Waals surface area contributed by atoms with Crippen molar-refractivity contribution < 1.29 is 14.3 Å². The summed E-state index contributed by atoms with van der Waals surface area (Å²) in [7, 11) is 3.18. The quantitative estimate of drug-likeness (QED) is 0.123. The molecule has 8 nitrogen and oxygen atoms in total. The van der Waals surface area contributed by atoms with Crippen molar-refractivity contribution in [1.29, 1.82) is 0 Å². The smallest absolute Gasteiger partial charge is 0.250 e. The lowest BCUT2D eigenvalue weighted by atomic mass is 10.0. The van der Waals surface area contributed by atoms with Gasteiger partial charge in [0.25, 0.3) is 5.91 Å². The van der Waals surface area contributed by atoms with E-state index in [4.69, 9.17) is 9.47 Å². The van der Waals surface area contributed by atoms with Crippen molar-refractivity contribution in [2.24, 2.45) is 5.10 Å². The molecule has 0 saturated carbocycles. The summed E-state index contributed by atoms with van der Waals surface area (Å²) in [5.41, 5.74) is 8.25. The van der Waals surface area contributed by atoms with Crippen molar-refractivity contribution in [2.45, 2.75) is 12.1 Å². The molecule has 1 N–H and O–H groups in total. The Bertz CT molecular complexity index is 1650. The lowest BCUT2D eigenvalue weighted by Gasteiger charge is -2.12. The maximum atomic E-state index is 12.7. The van der Waals surface area contributed by atoms with Crippen molar-refractivity contribution in [3.8, 4) is 39.7 Å². The summed E-state index contributed by atoms with van der Waals surface area (Å²) in [5.74, 6) is 1.69. The van der Waals surface area contributed by atoms with Crippen LogP contribution in [0.3, 0.4) is 0 Å². The number of hydrogen-bond donors (Lipinski definition) is 1. The minimum Gasteiger partial charge on any atom is -0.493 e. The van der Waals surface area contributed by atoms with Gasteiger partial charge < -0.3 is 9.47 Å². The first kappa shape index (κ1) is 27.7. The first-order valence-electron chi connectivity index (χ1n) is 12.9. The van der Waals surface area contributed by atoms with Crippen LogP contribution < -0.4 is 14.9 Å². The van der Waals surface area contributed by atoms with Gasteiger partial charge in [-0.05, 0) is 53.9 Å². The maximum Gasteiger partial charge on any atom is 0.250 e. The third-order valence-corrected chi connectivity index (χ3v) is 7.31. The molecule has 0 radical (unpaired) electrons. The van der Waals surface area contributed by atoms with E-state index in [9.17, 15) is 4.79 Å². The van der Waals surface area contributed by atoms with Gasteiger partial charge in [0, 0.05) is 11.3 Å². The largest absolute Gasteiger partial charge is 0.493 e. The van der Waals surface area contributed by atoms with Crippen molar-refractivity contribution in [3.05, 3.63) is 109 Å². The third-order valence-electron chi connectivity index (χ3n) is 6.38. The molecule has 0 aliphatic carbocycles. The Balaban J connectivity index is 1.30. The zero-order valence-electron chi connectivity index (χ0n) is 22.9. The monoisotopic (exact) mass is 563 g/mol. The maximum absolute atomic E-state index is 12.7. The number of ether oxygens (including phenoxy) is 2. The molecule has 0 aliphatic rings. The highest BCUT2D eigenvalue weighted by molar-refractivity contribution is 7.99. The van der Waals surface area contributed by atoms with Gasteiger partial charge in [-0.1, -0.05) is 84.6 Å². The van der Waals surface area contributed by atoms with Gasteiger partial charge in [-0.3, -0.25) is 9.36 Å². The number of hydrogen-bond acceptors (Lipinski definition) is 7. The van der Waals surface area contributed by atoms with E-state index in [0.717, 1.165) is 27.9 Å². The summed E-state index contributed by atoms with van der Waals surface area (Å²) in [4.78, 5) is 12.7. The zero-order chi connectivity index (χ0) is 28.6. The highest BCUT2D eigenvalue weighted by Crippen LogP contribution is 2.34. The van der Waals surface area contributed by atoms with Crippen LogP contribution in [0.15, 0.2) is 113 Å². The van der Waals surface area contributed by atoms with Gasteiger partial charge in [-0.25, -0.2) is 5.43 Å². The van der Waals surface area contributed by atoms with Gasteiger partial charge in [0.05, 0.1) is 25.7 Å². The van der Waals surface area contributed by atoms with Crippen LogP contribution >= 0.6 is 11.8 Å². The van der Waals surface area contributed by atoms with E-state index in [-0.39, 0.29) is 11.7 Å². The SMILES string of the molecule is COc1ccc(-c2nnc(SCC(=O)N/N=C(/C)c3ccc(-c4ccccc4)cc3)n2-c2ccccc2)cc1OC. The average molecular weight is 564 g/mol. The highest BCUT2D eigenvalue weighted by Gasteiger charge is 2.19. The first-order chi connectivity index (χ1) is 20.1. The summed E-state index contributed by atoms with van der Waals surface area (Å²) in [6.45, 7) is 1.87. The van der Waals surface area contributed by atoms with Gasteiger partial charge in [0.2, 0.25) is 0 Å². The normalized spacial score (nSPS) is 11.2. The summed E-state index contributed by atoms with van der Waals surface area (Å²) >= 11 is 1.28. The standard InChI is InChI=1S/C32H29N5O3S/c1-22(23-14-16-25(17-15-23)24-10-6-4-7-11-24)33-34-30(38)21-41-32-36-35-31(37(32)27-12-8-5-9-13-27)26-18-19-28(39-2)29(20-26)40-3/h4-20H,21H2,1-3H3,(H,34,38)/b33-22-. The zero-order valence-corrected chi connectivity index (χ0v) is 23.8. The van der Waals surface area contributed by atoms with Crippen molar-refractivity contribution in [2.75, 3.05) is 20.0 Å². The summed E-state index contributed by atoms with van der Waals surface area (Å²) in [6, 6.07) is 33.6. The van der Waals surface area contributed by atoms with Crippen LogP contribution in [0.4, 0.5) is 0 Å². The minimum atomic E-state index is -0.245. The molecule has 4 aromatic carbocycles. The van der Waals surface area contributed by atoms with Crippen LogP contribution in [0.5, 0.6) is 11.5 Å². The number of para-hydroxylation sites is 1. The minimum absolute atomic E-state index is 0.112. The van der Waals surface area contributed by atoms with Crippen LogP contribution in [-0.2, 0) is 4.79 Å². The van der Waals surface area contributed by atoms with Crippen molar-refractivity contribution >= 4 is 23.4 Å². The summed E-state index contributed by atoms with van der Waals surface area (Å²) < 4.78 is 12.8. The van der Waals surface area contributed by atoms with Crippen LogP contribution in [0.25, 0.3) is 28.2 Å². The predicted octanol–water partition coefficient (Wildman–Crippen LogP) is 6.25. The number of carbonyl (C=O) groups excluding carboxylic acids is 1. The number of carbonyl (C=O) groups is 1. The molecule has 0 unspecified atom stereocenters. The first-order valence-corrected chi connectivity index (χ1v) is 13.9. The van der Waals surface area contributed by atoms with Crippen LogP contribution in [0.1, 0.15) is 12.5 Å². The fourth-order valence-electron chi connectivity index (χ4n) is 4.24. The Morgan fingerprint density at radius 2 is 1.44 bits per heavy atom. The molecule has 41 heavy (non-hydrogen) atoms. The average Bonchev–Trinajstić information content (AvgIpc) is 3.47. The number of nitrogens with one attached hydrogen (secondary N) is 1. The molecule has 9 heteroatoms. The highest BCUT2D eigenvalue weighted by atomic mass is 32.2. The number of rotatable bonds is 10. The Morgan fingerprint density at radius 3 is 2.12 bits per heavy atom. The molecule has 1 heterocycles. The Labute approximate surface area is 243 Å². The second-order valence-electron chi connectivity index (χ2n) is 9.01. The predicted molar refractivity (Wildman–Crippen MR) is 163 cm³/mol. The van der Waals surface area contributed by atoms with Crippen LogP contribution in [0, 0.1) is 0 Å². The molecule has 1 amide bonds. The van der Waals surface area contributed by atoms with Crippen molar-refractivity contribution in [1.82, 2.24) is 20.2 Å². The Morgan fingerprint density at radius 1 is 0.805 bits per heavy atom. The number of methoxy groups -OCH3 is 2. The van der Waals surface area contributed by atoms with Gasteiger partial charge in [-0.2, -0.15) is 5.10 Å². The lowest BCUT2D eigenvalue weighted by molar-refractivity contribution is -0.118. The van der Waals surface area contributed by atoms with Gasteiger partial charge >= 0.3 is 0 Å². The molecule has 1 aromatic heterocycles. The van der Waals surface area contributed by atoms with E-state index >= 15 is 0 Å². The Kier molecular flexibility index (Phi) is 8.76. The third kappa shape index (κ3) is 6.47. The second kappa shape index (κ2) is 13.0. The van der Waals surface area contributed by atoms with Gasteiger partial charge in [0.15, 0.2) is 22.5 Å². The van der Waals surface area contributed by atoms with Crippen LogP contribution in [-0.4, -0.2) is 46.4 Å². The number of nitrogens with zero attached hydrogens (tertiary/aromatic N) is 4. The molecule has 0 aliphatic heterocycles. The van der Waals surface area contributed by atoms with Gasteiger partial charge in [0.1, 0.15) is 0 Å². The fraction of sp³-hybridized carbons (Fsp3) is 0.125. The topological polar surface area (TPSA) is 90.6 Å². The molecule has 206 valence electrons. The van der Waals surface area contributed by atoms with E-state index < -0.39 is 0 Å². The van der Waals surface area contributed by atoms with E-state index in [1.54, 1.807) is 14.2 Å². The number of thioether (sulfide) groups is 1. The fourth-order valence-corrected chi connectivity index (χ4v) is 4.99. The molecule has 0 saturated heterocycles. The number of benzene rings is 4. The van der Waals surface area contributed by atoms with E-state index in [2.05, 4.69) is 32.9 Å². The molecular formula is C32H29N5O3S. The number of hydrazone groups is 1. The molecule has 0 spiro atoms. The molecule has 0 bridgehead atoms. The summed E-state index contributed by atoms with van der Waals surface area (Å²) in [6.07, 6.45) is 0.